The Bertz CT molecular complexity index is 1240. The molecule has 0 radical (unpaired) electrons. The molecule has 0 saturated carbocycles. The molecule has 0 fully saturated rings. The summed E-state index contributed by atoms with van der Waals surface area (Å²) in [7, 11) is 0. The SMILES string of the molecule is CCOc1ccccc1NC(=O)c1cccc(Nc2cc(-c3cccc(C)c3)ncn2)c1. The van der Waals surface area contributed by atoms with Crippen LogP contribution in [0.15, 0.2) is 85.2 Å². The van der Waals surface area contributed by atoms with Crippen LogP contribution < -0.4 is 15.4 Å². The zero-order valence-corrected chi connectivity index (χ0v) is 18.0. The first-order valence-electron chi connectivity index (χ1n) is 10.4. The van der Waals surface area contributed by atoms with Gasteiger partial charge in [0.1, 0.15) is 17.9 Å². The monoisotopic (exact) mass is 424 g/mol. The van der Waals surface area contributed by atoms with Crippen molar-refractivity contribution < 1.29 is 9.53 Å². The summed E-state index contributed by atoms with van der Waals surface area (Å²) in [5, 5.41) is 6.18. The fourth-order valence-corrected chi connectivity index (χ4v) is 3.32. The Hall–Kier alpha value is -4.19. The Morgan fingerprint density at radius 3 is 2.62 bits per heavy atom. The largest absolute Gasteiger partial charge is 0.492 e. The first-order valence-corrected chi connectivity index (χ1v) is 10.4. The van der Waals surface area contributed by atoms with Crippen molar-refractivity contribution in [1.29, 1.82) is 0 Å². The third-order valence-corrected chi connectivity index (χ3v) is 4.81. The Morgan fingerprint density at radius 1 is 0.938 bits per heavy atom. The first-order chi connectivity index (χ1) is 15.6. The summed E-state index contributed by atoms with van der Waals surface area (Å²) in [6.45, 7) is 4.48. The summed E-state index contributed by atoms with van der Waals surface area (Å²) in [4.78, 5) is 21.5. The number of hydrogen-bond acceptors (Lipinski definition) is 5. The van der Waals surface area contributed by atoms with Gasteiger partial charge in [-0.25, -0.2) is 9.97 Å². The van der Waals surface area contributed by atoms with E-state index in [2.05, 4.69) is 26.7 Å². The summed E-state index contributed by atoms with van der Waals surface area (Å²) in [6.07, 6.45) is 1.53. The van der Waals surface area contributed by atoms with E-state index in [-0.39, 0.29) is 5.91 Å². The Labute approximate surface area is 187 Å². The number of nitrogens with one attached hydrogen (secondary N) is 2. The fourth-order valence-electron chi connectivity index (χ4n) is 3.32. The maximum absolute atomic E-state index is 12.8. The van der Waals surface area contributed by atoms with Crippen molar-refractivity contribution in [3.8, 4) is 17.0 Å². The summed E-state index contributed by atoms with van der Waals surface area (Å²) in [5.74, 6) is 1.07. The minimum Gasteiger partial charge on any atom is -0.492 e. The highest BCUT2D eigenvalue weighted by atomic mass is 16.5. The van der Waals surface area contributed by atoms with Gasteiger partial charge < -0.3 is 15.4 Å². The maximum Gasteiger partial charge on any atom is 0.255 e. The van der Waals surface area contributed by atoms with Crippen molar-refractivity contribution in [2.24, 2.45) is 0 Å². The predicted molar refractivity (Wildman–Crippen MR) is 127 cm³/mol. The third kappa shape index (κ3) is 5.10. The molecule has 0 spiro atoms. The number of carbonyl (C=O) groups excluding carboxylic acids is 1. The molecule has 1 aromatic heterocycles. The number of rotatable bonds is 7. The van der Waals surface area contributed by atoms with E-state index in [9.17, 15) is 4.79 Å². The van der Waals surface area contributed by atoms with Crippen LogP contribution in [0.1, 0.15) is 22.8 Å². The maximum atomic E-state index is 12.8. The van der Waals surface area contributed by atoms with Crippen molar-refractivity contribution in [1.82, 2.24) is 9.97 Å². The van der Waals surface area contributed by atoms with E-state index in [0.29, 0.717) is 29.4 Å². The zero-order valence-electron chi connectivity index (χ0n) is 18.0. The lowest BCUT2D eigenvalue weighted by Gasteiger charge is -2.12. The smallest absolute Gasteiger partial charge is 0.255 e. The molecule has 4 rings (SSSR count). The summed E-state index contributed by atoms with van der Waals surface area (Å²) >= 11 is 0. The Balaban J connectivity index is 1.51. The molecule has 0 saturated heterocycles. The lowest BCUT2D eigenvalue weighted by molar-refractivity contribution is 0.102. The molecule has 1 amide bonds. The predicted octanol–water partition coefficient (Wildman–Crippen LogP) is 5.85. The van der Waals surface area contributed by atoms with Gasteiger partial charge in [0.15, 0.2) is 0 Å². The lowest BCUT2D eigenvalue weighted by atomic mass is 10.1. The van der Waals surface area contributed by atoms with E-state index in [4.69, 9.17) is 4.74 Å². The first kappa shape index (κ1) is 21.1. The molecular formula is C26H24N4O2. The van der Waals surface area contributed by atoms with Gasteiger partial charge in [-0.15, -0.1) is 0 Å². The second kappa shape index (κ2) is 9.75. The molecule has 0 aliphatic heterocycles. The molecule has 6 nitrogen and oxygen atoms in total. The summed E-state index contributed by atoms with van der Waals surface area (Å²) < 4.78 is 5.59. The average molecular weight is 425 g/mol. The van der Waals surface area contributed by atoms with Gasteiger partial charge in [0.2, 0.25) is 0 Å². The number of ether oxygens (including phenoxy) is 1. The minimum absolute atomic E-state index is 0.219. The van der Waals surface area contributed by atoms with Crippen LogP contribution in [0.4, 0.5) is 17.2 Å². The van der Waals surface area contributed by atoms with Crippen LogP contribution in [-0.2, 0) is 0 Å². The second-order valence-corrected chi connectivity index (χ2v) is 7.25. The molecular weight excluding hydrogens is 400 g/mol. The van der Waals surface area contributed by atoms with E-state index >= 15 is 0 Å². The van der Waals surface area contributed by atoms with Crippen LogP contribution in [-0.4, -0.2) is 22.5 Å². The number of hydrogen-bond donors (Lipinski definition) is 2. The molecule has 0 bridgehead atoms. The molecule has 4 aromatic rings. The molecule has 0 aliphatic rings. The van der Waals surface area contributed by atoms with Crippen LogP contribution in [0, 0.1) is 6.92 Å². The van der Waals surface area contributed by atoms with Crippen LogP contribution in [0.5, 0.6) is 5.75 Å². The number of amides is 1. The number of benzene rings is 3. The molecule has 0 unspecified atom stereocenters. The minimum atomic E-state index is -0.219. The van der Waals surface area contributed by atoms with E-state index in [1.165, 1.54) is 11.9 Å². The highest BCUT2D eigenvalue weighted by molar-refractivity contribution is 6.05. The number of nitrogens with zero attached hydrogens (tertiary/aromatic N) is 2. The summed E-state index contributed by atoms with van der Waals surface area (Å²) in [6, 6.07) is 24.7. The topological polar surface area (TPSA) is 76.1 Å². The number of para-hydroxylation sites is 2. The molecule has 160 valence electrons. The number of anilines is 3. The quantitative estimate of drug-likeness (QED) is 0.389. The van der Waals surface area contributed by atoms with Gasteiger partial charge in [0, 0.05) is 22.9 Å². The third-order valence-electron chi connectivity index (χ3n) is 4.81. The fraction of sp³-hybridized carbons (Fsp3) is 0.115. The lowest BCUT2D eigenvalue weighted by Crippen LogP contribution is -2.13. The van der Waals surface area contributed by atoms with E-state index < -0.39 is 0 Å². The molecule has 0 aliphatic carbocycles. The van der Waals surface area contributed by atoms with E-state index in [1.54, 1.807) is 12.1 Å². The number of aromatic nitrogens is 2. The van der Waals surface area contributed by atoms with Gasteiger partial charge in [0.05, 0.1) is 18.0 Å². The van der Waals surface area contributed by atoms with Crippen LogP contribution in [0.25, 0.3) is 11.3 Å². The van der Waals surface area contributed by atoms with Crippen molar-refractivity contribution in [2.45, 2.75) is 13.8 Å². The van der Waals surface area contributed by atoms with Gasteiger partial charge in [0.25, 0.3) is 5.91 Å². The standard InChI is InChI=1S/C26H24N4O2/c1-3-32-24-13-5-4-12-22(24)30-26(31)20-10-7-11-21(15-20)29-25-16-23(27-17-28-25)19-9-6-8-18(2)14-19/h4-17H,3H2,1-2H3,(H,30,31)(H,27,28,29). The average Bonchev–Trinajstić information content (AvgIpc) is 2.81. The van der Waals surface area contributed by atoms with Crippen molar-refractivity contribution >= 4 is 23.1 Å². The van der Waals surface area contributed by atoms with Crippen LogP contribution in [0.2, 0.25) is 0 Å². The molecule has 3 aromatic carbocycles. The molecule has 2 N–H and O–H groups in total. The second-order valence-electron chi connectivity index (χ2n) is 7.25. The van der Waals surface area contributed by atoms with E-state index in [1.807, 2.05) is 74.5 Å². The van der Waals surface area contributed by atoms with Crippen LogP contribution >= 0.6 is 0 Å². The Kier molecular flexibility index (Phi) is 6.41. The van der Waals surface area contributed by atoms with Gasteiger partial charge in [-0.05, 0) is 50.2 Å². The van der Waals surface area contributed by atoms with E-state index in [0.717, 1.165) is 16.9 Å². The number of aryl methyl sites for hydroxylation is 1. The molecule has 32 heavy (non-hydrogen) atoms. The van der Waals surface area contributed by atoms with Crippen LogP contribution in [0.3, 0.4) is 0 Å². The van der Waals surface area contributed by atoms with Gasteiger partial charge in [-0.3, -0.25) is 4.79 Å². The normalized spacial score (nSPS) is 10.4. The van der Waals surface area contributed by atoms with Crippen molar-refractivity contribution in [3.05, 3.63) is 96.3 Å². The van der Waals surface area contributed by atoms with Gasteiger partial charge >= 0.3 is 0 Å². The highest BCUT2D eigenvalue weighted by Gasteiger charge is 2.11. The highest BCUT2D eigenvalue weighted by Crippen LogP contribution is 2.25. The zero-order chi connectivity index (χ0) is 22.3. The van der Waals surface area contributed by atoms with Gasteiger partial charge in [-0.2, -0.15) is 0 Å². The molecule has 1 heterocycles. The molecule has 6 heteroatoms. The molecule has 0 atom stereocenters. The number of carbonyl (C=O) groups is 1. The summed E-state index contributed by atoms with van der Waals surface area (Å²) in [5.41, 5.74) is 4.93. The van der Waals surface area contributed by atoms with Crippen molar-refractivity contribution in [2.75, 3.05) is 17.2 Å². The van der Waals surface area contributed by atoms with Crippen molar-refractivity contribution in [3.63, 3.8) is 0 Å². The Morgan fingerprint density at radius 2 is 1.78 bits per heavy atom. The van der Waals surface area contributed by atoms with Gasteiger partial charge in [-0.1, -0.05) is 42.0 Å².